The van der Waals surface area contributed by atoms with Crippen molar-refractivity contribution in [1.29, 1.82) is 0 Å². The van der Waals surface area contributed by atoms with Gasteiger partial charge >= 0.3 is 18.2 Å². The van der Waals surface area contributed by atoms with Gasteiger partial charge in [0.05, 0.1) is 59.2 Å². The number of hydrogen-bond donors (Lipinski definition) is 7. The lowest BCUT2D eigenvalue weighted by molar-refractivity contribution is -0.117. The molecule has 0 saturated carbocycles. The summed E-state index contributed by atoms with van der Waals surface area (Å²) in [5.74, 6) is -2.19. The Labute approximate surface area is 732 Å². The minimum Gasteiger partial charge on any atom is -0.493 e. The van der Waals surface area contributed by atoms with E-state index in [1.807, 2.05) is 80.7 Å². The molecule has 4 aromatic heterocycles. The van der Waals surface area contributed by atoms with Crippen molar-refractivity contribution in [3.8, 4) is 33.8 Å². The van der Waals surface area contributed by atoms with Gasteiger partial charge in [-0.1, -0.05) is 98.1 Å². The Kier molecular flexibility index (Phi) is 26.8. The number of aromatic carboxylic acids is 1. The van der Waals surface area contributed by atoms with Crippen LogP contribution >= 0.6 is 0 Å². The Morgan fingerprint density at radius 2 is 0.811 bits per heavy atom. The monoisotopic (exact) mass is 1720 g/mol. The van der Waals surface area contributed by atoms with Crippen LogP contribution < -0.4 is 51.6 Å². The van der Waals surface area contributed by atoms with Gasteiger partial charge in [0.15, 0.2) is 12.5 Å². The third-order valence-corrected chi connectivity index (χ3v) is 22.6. The molecule has 15 rings (SSSR count). The molecule has 0 fully saturated rings. The first-order chi connectivity index (χ1) is 61.2. The van der Waals surface area contributed by atoms with Gasteiger partial charge in [0.1, 0.15) is 47.5 Å². The minimum absolute atomic E-state index is 0.0363. The molecule has 8 N–H and O–H groups in total. The molecular formula is C96H98N14O17. The molecule has 7 aromatic carbocycles. The number of carboxylic acid groups (broad SMARTS) is 1. The van der Waals surface area contributed by atoms with Crippen LogP contribution in [0.3, 0.4) is 0 Å². The summed E-state index contributed by atoms with van der Waals surface area (Å²) in [6.45, 7) is 11.9. The molecule has 0 saturated heterocycles. The summed E-state index contributed by atoms with van der Waals surface area (Å²) in [6, 6.07) is 49.4. The highest BCUT2D eigenvalue weighted by Crippen LogP contribution is 2.43. The van der Waals surface area contributed by atoms with Gasteiger partial charge in [0.2, 0.25) is 11.8 Å². The van der Waals surface area contributed by atoms with Crippen molar-refractivity contribution >= 4 is 105 Å². The maximum Gasteiger partial charge on any atom is 0.416 e. The quantitative estimate of drug-likeness (QED) is 0.0143. The Bertz CT molecular complexity index is 6080. The number of aryl methyl sites for hydroxylation is 6. The van der Waals surface area contributed by atoms with Crippen LogP contribution in [0.2, 0.25) is 0 Å². The van der Waals surface area contributed by atoms with Crippen molar-refractivity contribution in [3.63, 3.8) is 0 Å². The largest absolute Gasteiger partial charge is 0.493 e. The molecule has 4 aliphatic heterocycles. The van der Waals surface area contributed by atoms with Gasteiger partial charge in [-0.25, -0.2) is 24.2 Å². The molecule has 4 atom stereocenters. The number of carboxylic acids is 1. The molecular weight excluding hydrogens is 1620 g/mol. The average molecular weight is 1720 g/mol. The van der Waals surface area contributed by atoms with Gasteiger partial charge in [-0.3, -0.25) is 33.6 Å². The van der Waals surface area contributed by atoms with E-state index in [1.54, 1.807) is 179 Å². The molecule has 127 heavy (non-hydrogen) atoms. The van der Waals surface area contributed by atoms with E-state index in [0.29, 0.717) is 135 Å². The van der Waals surface area contributed by atoms with E-state index in [9.17, 15) is 53.1 Å². The predicted molar refractivity (Wildman–Crippen MR) is 481 cm³/mol. The minimum atomic E-state index is -1.02. The zero-order valence-corrected chi connectivity index (χ0v) is 71.5. The summed E-state index contributed by atoms with van der Waals surface area (Å²) in [5, 5.41) is 23.7. The number of anilines is 8. The molecule has 31 nitrogen and oxygen atoms in total. The average Bonchev–Trinajstić information content (AvgIpc) is 1.60. The molecule has 2 unspecified atom stereocenters. The van der Waals surface area contributed by atoms with E-state index >= 15 is 0 Å². The lowest BCUT2D eigenvalue weighted by atomic mass is 9.92. The second kappa shape index (κ2) is 38.7. The van der Waals surface area contributed by atoms with Gasteiger partial charge in [-0.2, -0.15) is 0 Å². The van der Waals surface area contributed by atoms with Crippen LogP contribution in [-0.2, 0) is 82.7 Å². The third-order valence-electron chi connectivity index (χ3n) is 22.6. The number of hydrogen-bond acceptors (Lipinski definition) is 17. The fraction of sp³-hybridized carbons (Fsp3) is 0.250. The van der Waals surface area contributed by atoms with Crippen LogP contribution in [0.1, 0.15) is 122 Å². The van der Waals surface area contributed by atoms with Crippen molar-refractivity contribution in [2.24, 2.45) is 28.2 Å². The molecule has 0 bridgehead atoms. The molecule has 31 heteroatoms. The lowest BCUT2D eigenvalue weighted by Gasteiger charge is -2.41. The van der Waals surface area contributed by atoms with Crippen LogP contribution in [0.15, 0.2) is 220 Å². The summed E-state index contributed by atoms with van der Waals surface area (Å²) < 4.78 is 41.9. The molecule has 0 radical (unpaired) electrons. The number of nitrogen functional groups attached to an aromatic ring is 1. The Morgan fingerprint density at radius 1 is 0.449 bits per heavy atom. The molecule has 654 valence electrons. The first kappa shape index (κ1) is 88.1. The number of aromatic nitrogens is 4. The first-order valence-corrected chi connectivity index (χ1v) is 41.2. The number of nitrogens with two attached hydrogens (primary N) is 1. The molecule has 11 aromatic rings. The number of nitrogens with one attached hydrogen (secondary N) is 5. The van der Waals surface area contributed by atoms with E-state index in [4.69, 9.17) is 34.2 Å². The summed E-state index contributed by atoms with van der Waals surface area (Å²) >= 11 is 0. The molecule has 0 aliphatic carbocycles. The van der Waals surface area contributed by atoms with Crippen molar-refractivity contribution < 1.29 is 81.5 Å². The van der Waals surface area contributed by atoms with Gasteiger partial charge < -0.3 is 93.9 Å². The SMILES string of the molecule is C=CCOC(=O)N1c2cc(OCCCC(=O)Nc3cc(C(=O)Nc4ccc(-c5cc(C(=O)Nc6ccc(N)cc6)n(C)c5)cc4)n(C)c3)c(C)cc2C(=O)N2Cc3ccccc3C[C@H]2C1OC.C=CCOC(=O)N1c2cc(OCCCC(=O)Nc3cc(C(=O)Nc4ccc(-c5cc(C(=O)O)n(C)c5)cc4)n(C)c3)c(C)cc2C(=O)N2Cc3ccccc3C[C@H]2C1OC. The predicted octanol–water partition coefficient (Wildman–Crippen LogP) is 14.7. The number of rotatable bonds is 27. The number of nitrogens with zero attached hydrogens (tertiary/aromatic N) is 8. The van der Waals surface area contributed by atoms with E-state index in [1.165, 1.54) is 40.7 Å². The maximum absolute atomic E-state index is 14.3. The van der Waals surface area contributed by atoms with Crippen molar-refractivity contribution in [1.82, 2.24) is 28.1 Å². The smallest absolute Gasteiger partial charge is 0.416 e. The van der Waals surface area contributed by atoms with Crippen molar-refractivity contribution in [2.75, 3.05) is 82.8 Å². The number of methoxy groups -OCH3 is 2. The highest BCUT2D eigenvalue weighted by molar-refractivity contribution is 6.09. The number of carbonyl (C=O) groups excluding carboxylic acids is 9. The number of carbonyl (C=O) groups is 10. The zero-order valence-electron chi connectivity index (χ0n) is 71.5. The molecule has 9 amide bonds. The number of benzene rings is 7. The molecule has 8 heterocycles. The first-order valence-electron chi connectivity index (χ1n) is 41.2. The standard InChI is InChI=1S/C51H52N8O8.C45H46N6O9/c1-6-21-67-51(64)59-41-27-45(31(2)23-40(41)49(63)58-29-34-11-8-7-10-33(34)24-44(58)50(59)65-5)66-22-9-12-46(60)53-39-26-43(57(4)30-39)48(62)54-37-17-13-32(14-18-37)35-25-42(56(3)28-35)47(61)55-38-19-15-36(52)16-20-38;1-6-17-60-45(57)51-35-23-39(27(2)19-34(35)42(54)50-25-30-11-8-7-10-29(30)20-37(50)43(51)58-5)59-18-9-12-40(52)46-33-22-36(49(4)26-33)41(53)47-32-15-13-28(14-16-32)31-21-38(44(55)56)48(3)24-31/h6-8,10-11,13-20,23,25-28,30,44,50H,1,9,12,21-22,24,29,52H2,2-5H3,(H,53,60)(H,54,62)(H,55,61);6-8,10-11,13-16,19,21-24,26,37,43H,1,9,12,17-18,20,25H2,2-5H3,(H,46,52)(H,47,53)(H,55,56)/t44-,50?;37-,43?/m00/s1. The number of fused-ring (bicyclic) bond motifs is 6. The molecule has 0 spiro atoms. The van der Waals surface area contributed by atoms with E-state index < -0.39 is 42.7 Å². The van der Waals surface area contributed by atoms with E-state index in [2.05, 4.69) is 39.7 Å². The van der Waals surface area contributed by atoms with Gasteiger partial charge in [-0.15, -0.1) is 0 Å². The maximum atomic E-state index is 14.3. The second-order valence-electron chi connectivity index (χ2n) is 31.3. The van der Waals surface area contributed by atoms with Gasteiger partial charge in [-0.05, 0) is 169 Å². The van der Waals surface area contributed by atoms with Crippen LogP contribution in [0.4, 0.5) is 55.1 Å². The highest BCUT2D eigenvalue weighted by Gasteiger charge is 2.48. The topological polar surface area (TPSA) is 365 Å². The zero-order chi connectivity index (χ0) is 90.0. The van der Waals surface area contributed by atoms with Crippen LogP contribution in [0, 0.1) is 13.8 Å². The van der Waals surface area contributed by atoms with Crippen molar-refractivity contribution in [3.05, 3.63) is 287 Å². The van der Waals surface area contributed by atoms with Crippen LogP contribution in [0.25, 0.3) is 22.3 Å². The fourth-order valence-electron chi connectivity index (χ4n) is 16.2. The van der Waals surface area contributed by atoms with E-state index in [0.717, 1.165) is 44.5 Å². The van der Waals surface area contributed by atoms with Crippen LogP contribution in [-0.4, -0.2) is 158 Å². The van der Waals surface area contributed by atoms with Gasteiger partial charge in [0, 0.05) is 139 Å². The van der Waals surface area contributed by atoms with E-state index in [-0.39, 0.29) is 86.3 Å². The number of amides is 9. The Balaban J connectivity index is 0.000000207. The summed E-state index contributed by atoms with van der Waals surface area (Å²) in [4.78, 5) is 139. The second-order valence-corrected chi connectivity index (χ2v) is 31.3. The summed E-state index contributed by atoms with van der Waals surface area (Å²) in [6.07, 6.45) is 8.59. The third kappa shape index (κ3) is 19.6. The summed E-state index contributed by atoms with van der Waals surface area (Å²) in [7, 11) is 9.89. The molecule has 4 aliphatic rings. The van der Waals surface area contributed by atoms with Crippen molar-refractivity contribution in [2.45, 2.75) is 90.0 Å². The van der Waals surface area contributed by atoms with Gasteiger partial charge in [0.25, 0.3) is 29.5 Å². The Hall–Kier alpha value is -15.2. The number of ether oxygens (including phenoxy) is 6. The van der Waals surface area contributed by atoms with Crippen LogP contribution in [0.5, 0.6) is 11.5 Å². The highest BCUT2D eigenvalue weighted by atomic mass is 16.6. The Morgan fingerprint density at radius 3 is 1.19 bits per heavy atom. The summed E-state index contributed by atoms with van der Waals surface area (Å²) in [5.41, 5.74) is 20.3. The lowest BCUT2D eigenvalue weighted by Crippen LogP contribution is -2.56. The normalized spacial score (nSPS) is 15.3. The fourth-order valence-corrected chi connectivity index (χ4v) is 16.2.